The highest BCUT2D eigenvalue weighted by atomic mass is 79.9. The molecule has 0 aliphatic carbocycles. The summed E-state index contributed by atoms with van der Waals surface area (Å²) in [7, 11) is 1.66. The summed E-state index contributed by atoms with van der Waals surface area (Å²) in [6.07, 6.45) is 0. The summed E-state index contributed by atoms with van der Waals surface area (Å²) in [4.78, 5) is 26.2. The van der Waals surface area contributed by atoms with Gasteiger partial charge in [0.25, 0.3) is 0 Å². The van der Waals surface area contributed by atoms with Crippen LogP contribution in [0.3, 0.4) is 0 Å². The van der Waals surface area contributed by atoms with Crippen molar-refractivity contribution in [3.05, 3.63) is 0 Å². The molecule has 15 heavy (non-hydrogen) atoms. The second kappa shape index (κ2) is 4.51. The van der Waals surface area contributed by atoms with Gasteiger partial charge in [0.2, 0.25) is 11.8 Å². The fourth-order valence-electron chi connectivity index (χ4n) is 1.47. The summed E-state index contributed by atoms with van der Waals surface area (Å²) in [5.41, 5.74) is 0.00580. The first kappa shape index (κ1) is 12.5. The third-order valence-electron chi connectivity index (χ3n) is 2.46. The number of amides is 2. The van der Waals surface area contributed by atoms with E-state index in [9.17, 15) is 9.59 Å². The van der Waals surface area contributed by atoms with E-state index >= 15 is 0 Å². The lowest BCUT2D eigenvalue weighted by Gasteiger charge is -2.36. The molecule has 0 aromatic rings. The average molecular weight is 277 g/mol. The van der Waals surface area contributed by atoms with Crippen molar-refractivity contribution in [3.8, 4) is 0 Å². The number of piperazine rings is 1. The predicted molar refractivity (Wildman–Crippen MR) is 61.8 cm³/mol. The van der Waals surface area contributed by atoms with Crippen molar-refractivity contribution in [2.45, 2.75) is 13.8 Å². The van der Waals surface area contributed by atoms with E-state index in [1.54, 1.807) is 11.9 Å². The Morgan fingerprint density at radius 2 is 1.87 bits per heavy atom. The van der Waals surface area contributed by atoms with Crippen LogP contribution in [-0.2, 0) is 9.59 Å². The first-order valence-electron chi connectivity index (χ1n) is 4.93. The number of nitrogens with zero attached hydrogens (tertiary/aromatic N) is 2. The third-order valence-corrected chi connectivity index (χ3v) is 3.98. The number of halogens is 1. The van der Waals surface area contributed by atoms with Gasteiger partial charge < -0.3 is 9.80 Å². The molecule has 0 aromatic heterocycles. The smallest absolute Gasteiger partial charge is 0.242 e. The van der Waals surface area contributed by atoms with Crippen molar-refractivity contribution in [1.82, 2.24) is 9.80 Å². The standard InChI is InChI=1S/C10H17BrN2O2/c1-10(2,6-11)7-13-5-8(14)12(3)4-9(13)15/h4-7H2,1-3H3. The molecule has 5 heteroatoms. The number of carbonyl (C=O) groups excluding carboxylic acids is 2. The molecule has 1 saturated heterocycles. The van der Waals surface area contributed by atoms with Gasteiger partial charge in [0, 0.05) is 18.9 Å². The lowest BCUT2D eigenvalue weighted by Crippen LogP contribution is -2.54. The van der Waals surface area contributed by atoms with Crippen LogP contribution in [0.1, 0.15) is 13.8 Å². The molecule has 2 amide bonds. The number of rotatable bonds is 3. The summed E-state index contributed by atoms with van der Waals surface area (Å²) in [5.74, 6) is 0.0473. The predicted octanol–water partition coefficient (Wildman–Crippen LogP) is 0.708. The number of hydrogen-bond acceptors (Lipinski definition) is 2. The van der Waals surface area contributed by atoms with Gasteiger partial charge in [0.05, 0.1) is 13.1 Å². The zero-order valence-corrected chi connectivity index (χ0v) is 11.0. The number of carbonyl (C=O) groups is 2. The highest BCUT2D eigenvalue weighted by molar-refractivity contribution is 9.09. The zero-order chi connectivity index (χ0) is 11.6. The van der Waals surface area contributed by atoms with E-state index in [0.29, 0.717) is 6.54 Å². The number of hydrogen-bond donors (Lipinski definition) is 0. The van der Waals surface area contributed by atoms with E-state index in [-0.39, 0.29) is 30.3 Å². The van der Waals surface area contributed by atoms with Gasteiger partial charge in [-0.15, -0.1) is 0 Å². The normalized spacial score (nSPS) is 18.7. The van der Waals surface area contributed by atoms with Crippen molar-refractivity contribution in [2.75, 3.05) is 32.0 Å². The number of likely N-dealkylation sites (N-methyl/N-ethyl adjacent to an activating group) is 1. The first-order chi connectivity index (χ1) is 6.85. The van der Waals surface area contributed by atoms with Crippen LogP contribution in [0, 0.1) is 5.41 Å². The van der Waals surface area contributed by atoms with Gasteiger partial charge in [-0.1, -0.05) is 29.8 Å². The lowest BCUT2D eigenvalue weighted by molar-refractivity contribution is -0.149. The van der Waals surface area contributed by atoms with Crippen molar-refractivity contribution in [3.63, 3.8) is 0 Å². The monoisotopic (exact) mass is 276 g/mol. The molecular formula is C10H17BrN2O2. The van der Waals surface area contributed by atoms with Crippen LogP contribution in [-0.4, -0.2) is 53.6 Å². The average Bonchev–Trinajstić information content (AvgIpc) is 2.14. The molecule has 0 aromatic carbocycles. The van der Waals surface area contributed by atoms with E-state index in [0.717, 1.165) is 5.33 Å². The van der Waals surface area contributed by atoms with Crippen LogP contribution in [0.15, 0.2) is 0 Å². The van der Waals surface area contributed by atoms with Crippen LogP contribution in [0.4, 0.5) is 0 Å². The molecule has 1 aliphatic heterocycles. The quantitative estimate of drug-likeness (QED) is 0.713. The molecule has 0 radical (unpaired) electrons. The van der Waals surface area contributed by atoms with Crippen LogP contribution < -0.4 is 0 Å². The molecule has 0 unspecified atom stereocenters. The lowest BCUT2D eigenvalue weighted by atomic mass is 9.95. The molecule has 1 fully saturated rings. The highest BCUT2D eigenvalue weighted by Gasteiger charge is 2.31. The minimum atomic E-state index is 0.00580. The Bertz CT molecular complexity index is 279. The molecule has 1 aliphatic rings. The molecule has 1 rings (SSSR count). The Morgan fingerprint density at radius 1 is 1.27 bits per heavy atom. The summed E-state index contributed by atoms with van der Waals surface area (Å²) < 4.78 is 0. The number of alkyl halides is 1. The molecule has 0 spiro atoms. The van der Waals surface area contributed by atoms with Gasteiger partial charge in [-0.3, -0.25) is 9.59 Å². The minimum Gasteiger partial charge on any atom is -0.335 e. The fraction of sp³-hybridized carbons (Fsp3) is 0.800. The summed E-state index contributed by atoms with van der Waals surface area (Å²) in [6, 6.07) is 0. The zero-order valence-electron chi connectivity index (χ0n) is 9.42. The molecule has 0 atom stereocenters. The van der Waals surface area contributed by atoms with E-state index in [2.05, 4.69) is 29.8 Å². The second-order valence-electron chi connectivity index (χ2n) is 4.80. The summed E-state index contributed by atoms with van der Waals surface area (Å²) >= 11 is 3.41. The SMILES string of the molecule is CN1CC(=O)N(CC(C)(C)CBr)CC1=O. The Morgan fingerprint density at radius 3 is 2.40 bits per heavy atom. The van der Waals surface area contributed by atoms with Crippen molar-refractivity contribution >= 4 is 27.7 Å². The van der Waals surface area contributed by atoms with Crippen LogP contribution in [0.5, 0.6) is 0 Å². The van der Waals surface area contributed by atoms with Gasteiger partial charge in [-0.05, 0) is 5.41 Å². The van der Waals surface area contributed by atoms with E-state index in [4.69, 9.17) is 0 Å². The first-order valence-corrected chi connectivity index (χ1v) is 6.05. The Balaban J connectivity index is 2.63. The van der Waals surface area contributed by atoms with Crippen molar-refractivity contribution < 1.29 is 9.59 Å². The molecule has 4 nitrogen and oxygen atoms in total. The Hall–Kier alpha value is -0.580. The molecule has 1 heterocycles. The fourth-order valence-corrected chi connectivity index (χ4v) is 1.64. The van der Waals surface area contributed by atoms with Gasteiger partial charge >= 0.3 is 0 Å². The maximum atomic E-state index is 11.7. The van der Waals surface area contributed by atoms with Crippen LogP contribution >= 0.6 is 15.9 Å². The van der Waals surface area contributed by atoms with E-state index in [1.165, 1.54) is 4.90 Å². The van der Waals surface area contributed by atoms with Crippen LogP contribution in [0.25, 0.3) is 0 Å². The van der Waals surface area contributed by atoms with Gasteiger partial charge in [-0.2, -0.15) is 0 Å². The van der Waals surface area contributed by atoms with Gasteiger partial charge in [0.1, 0.15) is 0 Å². The molecular weight excluding hydrogens is 260 g/mol. The summed E-state index contributed by atoms with van der Waals surface area (Å²) in [6.45, 7) is 5.18. The third kappa shape index (κ3) is 3.19. The van der Waals surface area contributed by atoms with Crippen LogP contribution in [0.2, 0.25) is 0 Å². The maximum Gasteiger partial charge on any atom is 0.242 e. The molecule has 86 valence electrons. The molecule has 0 N–H and O–H groups in total. The van der Waals surface area contributed by atoms with E-state index in [1.807, 2.05) is 0 Å². The van der Waals surface area contributed by atoms with Gasteiger partial charge in [-0.25, -0.2) is 0 Å². The second-order valence-corrected chi connectivity index (χ2v) is 5.36. The Kier molecular flexibility index (Phi) is 3.76. The molecule has 0 bridgehead atoms. The maximum absolute atomic E-state index is 11.7. The minimum absolute atomic E-state index is 0.00580. The summed E-state index contributed by atoms with van der Waals surface area (Å²) in [5, 5.41) is 0.813. The van der Waals surface area contributed by atoms with Crippen molar-refractivity contribution in [1.29, 1.82) is 0 Å². The van der Waals surface area contributed by atoms with Crippen molar-refractivity contribution in [2.24, 2.45) is 5.41 Å². The largest absolute Gasteiger partial charge is 0.335 e. The topological polar surface area (TPSA) is 40.6 Å². The molecule has 0 saturated carbocycles. The Labute approximate surface area is 98.7 Å². The van der Waals surface area contributed by atoms with E-state index < -0.39 is 0 Å². The highest BCUT2D eigenvalue weighted by Crippen LogP contribution is 2.20. The van der Waals surface area contributed by atoms with Gasteiger partial charge in [0.15, 0.2) is 0 Å².